The molecule has 2 atom stereocenters. The van der Waals surface area contributed by atoms with E-state index in [0.29, 0.717) is 10.7 Å². The molecule has 1 aliphatic rings. The quantitative estimate of drug-likeness (QED) is 0.811. The molecule has 1 saturated heterocycles. The van der Waals surface area contributed by atoms with E-state index in [1.54, 1.807) is 24.3 Å². The van der Waals surface area contributed by atoms with Gasteiger partial charge in [-0.3, -0.25) is 0 Å². The maximum Gasteiger partial charge on any atom is 0.328 e. The summed E-state index contributed by atoms with van der Waals surface area (Å²) in [7, 11) is 1.25. The lowest BCUT2D eigenvalue weighted by Gasteiger charge is -2.22. The van der Waals surface area contributed by atoms with Gasteiger partial charge in [-0.2, -0.15) is 0 Å². The fourth-order valence-electron chi connectivity index (χ4n) is 2.15. The van der Waals surface area contributed by atoms with Crippen LogP contribution < -0.4 is 5.32 Å². The van der Waals surface area contributed by atoms with Gasteiger partial charge in [0.15, 0.2) is 0 Å². The minimum Gasteiger partial charge on any atom is -0.467 e. The minimum absolute atomic E-state index is 0.0794. The molecule has 0 radical (unpaired) electrons. The van der Waals surface area contributed by atoms with Crippen molar-refractivity contribution in [3.05, 3.63) is 29.3 Å². The Bertz CT molecular complexity index is 523. The Morgan fingerprint density at radius 2 is 2.15 bits per heavy atom. The summed E-state index contributed by atoms with van der Waals surface area (Å²) < 4.78 is 4.64. The number of β-amino-alcohol motifs (C(OH)–C–C–N with tert-alkyl or cyclic N) is 1. The molecule has 6 nitrogen and oxygen atoms in total. The third kappa shape index (κ3) is 3.02. The zero-order valence-electron chi connectivity index (χ0n) is 10.9. The standard InChI is InChI=1S/C13H15ClN2O4/c1-20-12(18)11-6-8(17)7-16(11)13(19)15-10-5-3-2-4-9(10)14/h2-5,8,11,17H,6-7H2,1H3,(H,15,19). The number of aliphatic hydroxyl groups is 1. The highest BCUT2D eigenvalue weighted by Gasteiger charge is 2.39. The summed E-state index contributed by atoms with van der Waals surface area (Å²) in [6.45, 7) is 0.0794. The number of aliphatic hydroxyl groups excluding tert-OH is 1. The maximum atomic E-state index is 12.2. The van der Waals surface area contributed by atoms with Gasteiger partial charge in [0, 0.05) is 13.0 Å². The Morgan fingerprint density at radius 1 is 1.45 bits per heavy atom. The van der Waals surface area contributed by atoms with Gasteiger partial charge in [-0.05, 0) is 12.1 Å². The number of hydrogen-bond donors (Lipinski definition) is 2. The van der Waals surface area contributed by atoms with Crippen molar-refractivity contribution in [1.82, 2.24) is 4.90 Å². The summed E-state index contributed by atoms with van der Waals surface area (Å²) in [5, 5.41) is 12.6. The molecule has 1 fully saturated rings. The lowest BCUT2D eigenvalue weighted by Crippen LogP contribution is -2.43. The van der Waals surface area contributed by atoms with Gasteiger partial charge in [0.05, 0.1) is 23.9 Å². The van der Waals surface area contributed by atoms with E-state index in [1.165, 1.54) is 12.0 Å². The number of ether oxygens (including phenoxy) is 1. The van der Waals surface area contributed by atoms with Crippen molar-refractivity contribution >= 4 is 29.3 Å². The van der Waals surface area contributed by atoms with Crippen molar-refractivity contribution in [2.24, 2.45) is 0 Å². The van der Waals surface area contributed by atoms with E-state index < -0.39 is 24.1 Å². The Kier molecular flexibility index (Phi) is 4.46. The summed E-state index contributed by atoms with van der Waals surface area (Å²) in [5.41, 5.74) is 0.448. The summed E-state index contributed by atoms with van der Waals surface area (Å²) >= 11 is 5.96. The van der Waals surface area contributed by atoms with Crippen LogP contribution in [0.5, 0.6) is 0 Å². The molecular formula is C13H15ClN2O4. The van der Waals surface area contributed by atoms with Crippen LogP contribution in [-0.4, -0.2) is 47.8 Å². The lowest BCUT2D eigenvalue weighted by atomic mass is 10.2. The Labute approximate surface area is 121 Å². The Morgan fingerprint density at radius 3 is 2.80 bits per heavy atom. The number of anilines is 1. The molecule has 0 spiro atoms. The van der Waals surface area contributed by atoms with Crippen molar-refractivity contribution in [2.75, 3.05) is 19.0 Å². The van der Waals surface area contributed by atoms with E-state index in [9.17, 15) is 14.7 Å². The molecule has 2 unspecified atom stereocenters. The summed E-state index contributed by atoms with van der Waals surface area (Å²) in [6.07, 6.45) is -0.570. The molecule has 0 saturated carbocycles. The van der Waals surface area contributed by atoms with Crippen LogP contribution in [0.15, 0.2) is 24.3 Å². The normalized spacial score (nSPS) is 21.6. The third-order valence-corrected chi connectivity index (χ3v) is 3.46. The van der Waals surface area contributed by atoms with Gasteiger partial charge in [-0.15, -0.1) is 0 Å². The molecular weight excluding hydrogens is 284 g/mol. The summed E-state index contributed by atoms with van der Waals surface area (Å²) in [5.74, 6) is -0.546. The number of nitrogens with zero attached hydrogens (tertiary/aromatic N) is 1. The highest BCUT2D eigenvalue weighted by atomic mass is 35.5. The second-order valence-electron chi connectivity index (χ2n) is 4.49. The van der Waals surface area contributed by atoms with Crippen LogP contribution in [0.4, 0.5) is 10.5 Å². The van der Waals surface area contributed by atoms with Gasteiger partial charge in [0.25, 0.3) is 0 Å². The molecule has 1 aliphatic heterocycles. The molecule has 7 heteroatoms. The molecule has 1 aromatic carbocycles. The van der Waals surface area contributed by atoms with Crippen LogP contribution in [0, 0.1) is 0 Å². The van der Waals surface area contributed by atoms with Crippen LogP contribution >= 0.6 is 11.6 Å². The second-order valence-corrected chi connectivity index (χ2v) is 4.90. The van der Waals surface area contributed by atoms with Crippen LogP contribution in [0.25, 0.3) is 0 Å². The lowest BCUT2D eigenvalue weighted by molar-refractivity contribution is -0.144. The number of urea groups is 1. The number of carbonyl (C=O) groups excluding carboxylic acids is 2. The monoisotopic (exact) mass is 298 g/mol. The number of methoxy groups -OCH3 is 1. The number of para-hydroxylation sites is 1. The second kappa shape index (κ2) is 6.11. The predicted molar refractivity (Wildman–Crippen MR) is 73.6 cm³/mol. The van der Waals surface area contributed by atoms with Crippen LogP contribution in [0.3, 0.4) is 0 Å². The first-order valence-corrected chi connectivity index (χ1v) is 6.48. The first-order chi connectivity index (χ1) is 9.52. The third-order valence-electron chi connectivity index (χ3n) is 3.13. The van der Waals surface area contributed by atoms with Crippen LogP contribution in [0.2, 0.25) is 5.02 Å². The Balaban J connectivity index is 2.11. The van der Waals surface area contributed by atoms with E-state index in [0.717, 1.165) is 0 Å². The molecule has 1 heterocycles. The van der Waals surface area contributed by atoms with Gasteiger partial charge in [0.2, 0.25) is 0 Å². The van der Waals surface area contributed by atoms with Gasteiger partial charge in [-0.1, -0.05) is 23.7 Å². The first-order valence-electron chi connectivity index (χ1n) is 6.11. The van der Waals surface area contributed by atoms with Crippen LogP contribution in [-0.2, 0) is 9.53 Å². The molecule has 0 aromatic heterocycles. The van der Waals surface area contributed by atoms with E-state index in [2.05, 4.69) is 10.1 Å². The van der Waals surface area contributed by atoms with Gasteiger partial charge in [0.1, 0.15) is 6.04 Å². The van der Waals surface area contributed by atoms with Crippen molar-refractivity contribution in [2.45, 2.75) is 18.6 Å². The summed E-state index contributed by atoms with van der Waals surface area (Å²) in [6, 6.07) is 5.50. The average Bonchev–Trinajstić information content (AvgIpc) is 2.82. The zero-order valence-corrected chi connectivity index (χ0v) is 11.6. The maximum absolute atomic E-state index is 12.2. The number of amides is 2. The number of nitrogens with one attached hydrogen (secondary N) is 1. The van der Waals surface area contributed by atoms with E-state index in [1.807, 2.05) is 0 Å². The number of rotatable bonds is 2. The predicted octanol–water partition coefficient (Wildman–Crippen LogP) is 1.48. The topological polar surface area (TPSA) is 78.9 Å². The molecule has 2 amide bonds. The fourth-order valence-corrected chi connectivity index (χ4v) is 2.33. The molecule has 0 aliphatic carbocycles. The van der Waals surface area contributed by atoms with Gasteiger partial charge >= 0.3 is 12.0 Å². The van der Waals surface area contributed by atoms with Gasteiger partial charge in [-0.25, -0.2) is 9.59 Å². The van der Waals surface area contributed by atoms with Crippen molar-refractivity contribution in [3.8, 4) is 0 Å². The van der Waals surface area contributed by atoms with Crippen molar-refractivity contribution < 1.29 is 19.4 Å². The first kappa shape index (κ1) is 14.6. The molecule has 2 N–H and O–H groups in total. The van der Waals surface area contributed by atoms with E-state index in [4.69, 9.17) is 11.6 Å². The smallest absolute Gasteiger partial charge is 0.328 e. The highest BCUT2D eigenvalue weighted by Crippen LogP contribution is 2.24. The molecule has 2 rings (SSSR count). The zero-order chi connectivity index (χ0) is 14.7. The minimum atomic E-state index is -0.780. The van der Waals surface area contributed by atoms with Crippen molar-refractivity contribution in [1.29, 1.82) is 0 Å². The number of benzene rings is 1. The van der Waals surface area contributed by atoms with Gasteiger partial charge < -0.3 is 20.1 Å². The molecule has 20 heavy (non-hydrogen) atoms. The fraction of sp³-hybridized carbons (Fsp3) is 0.385. The molecule has 108 valence electrons. The Hall–Kier alpha value is -1.79. The SMILES string of the molecule is COC(=O)C1CC(O)CN1C(=O)Nc1ccccc1Cl. The molecule has 0 bridgehead atoms. The average molecular weight is 299 g/mol. The van der Waals surface area contributed by atoms with E-state index >= 15 is 0 Å². The largest absolute Gasteiger partial charge is 0.467 e. The summed E-state index contributed by atoms with van der Waals surface area (Å²) in [4.78, 5) is 25.0. The number of carbonyl (C=O) groups is 2. The molecule has 1 aromatic rings. The number of esters is 1. The number of likely N-dealkylation sites (tertiary alicyclic amines) is 1. The number of halogens is 1. The van der Waals surface area contributed by atoms with E-state index in [-0.39, 0.29) is 13.0 Å². The van der Waals surface area contributed by atoms with Crippen LogP contribution in [0.1, 0.15) is 6.42 Å². The highest BCUT2D eigenvalue weighted by molar-refractivity contribution is 6.33. The number of hydrogen-bond acceptors (Lipinski definition) is 4. The van der Waals surface area contributed by atoms with Crippen molar-refractivity contribution in [3.63, 3.8) is 0 Å².